The SMILES string of the molecule is Cc1ccsc1-c1csc(NN)n1. The summed E-state index contributed by atoms with van der Waals surface area (Å²) in [6.45, 7) is 2.08. The Hall–Kier alpha value is -0.910. The van der Waals surface area contributed by atoms with Crippen LogP contribution in [-0.4, -0.2) is 4.98 Å². The number of nitrogens with one attached hydrogen (secondary N) is 1. The molecule has 2 aromatic heterocycles. The van der Waals surface area contributed by atoms with Crippen LogP contribution in [0.2, 0.25) is 0 Å². The van der Waals surface area contributed by atoms with Crippen molar-refractivity contribution < 1.29 is 0 Å². The van der Waals surface area contributed by atoms with Gasteiger partial charge in [0.05, 0.1) is 10.6 Å². The average Bonchev–Trinajstić information content (AvgIpc) is 2.71. The van der Waals surface area contributed by atoms with Crippen molar-refractivity contribution in [3.63, 3.8) is 0 Å². The summed E-state index contributed by atoms with van der Waals surface area (Å²) >= 11 is 3.22. The van der Waals surface area contributed by atoms with Crippen LogP contribution in [0.1, 0.15) is 5.56 Å². The summed E-state index contributed by atoms with van der Waals surface area (Å²) in [5.41, 5.74) is 4.81. The van der Waals surface area contributed by atoms with E-state index in [1.807, 2.05) is 5.38 Å². The Morgan fingerprint density at radius 1 is 1.46 bits per heavy atom. The molecule has 0 saturated heterocycles. The Morgan fingerprint density at radius 3 is 2.85 bits per heavy atom. The zero-order chi connectivity index (χ0) is 9.26. The molecule has 5 heteroatoms. The van der Waals surface area contributed by atoms with E-state index < -0.39 is 0 Å². The lowest BCUT2D eigenvalue weighted by atomic mass is 10.2. The number of aryl methyl sites for hydroxylation is 1. The second-order valence-electron chi connectivity index (χ2n) is 2.61. The number of hydrazine groups is 1. The van der Waals surface area contributed by atoms with E-state index in [0.717, 1.165) is 10.8 Å². The first-order chi connectivity index (χ1) is 6.31. The minimum Gasteiger partial charge on any atom is -0.300 e. The first-order valence-corrected chi connectivity index (χ1v) is 5.54. The molecule has 0 aliphatic carbocycles. The molecule has 0 aliphatic heterocycles. The molecule has 2 aromatic rings. The van der Waals surface area contributed by atoms with E-state index in [4.69, 9.17) is 5.84 Å². The summed E-state index contributed by atoms with van der Waals surface area (Å²) in [4.78, 5) is 5.55. The highest BCUT2D eigenvalue weighted by Gasteiger charge is 2.06. The minimum atomic E-state index is 0.753. The molecule has 0 aliphatic rings. The van der Waals surface area contributed by atoms with Crippen LogP contribution in [0.5, 0.6) is 0 Å². The number of rotatable bonds is 2. The molecule has 0 bridgehead atoms. The number of anilines is 1. The Balaban J connectivity index is 2.41. The Labute approximate surface area is 84.2 Å². The first-order valence-electron chi connectivity index (χ1n) is 3.78. The Kier molecular flexibility index (Phi) is 2.30. The quantitative estimate of drug-likeness (QED) is 0.592. The van der Waals surface area contributed by atoms with Gasteiger partial charge in [0.25, 0.3) is 0 Å². The maximum atomic E-state index is 5.26. The van der Waals surface area contributed by atoms with E-state index in [2.05, 4.69) is 28.8 Å². The van der Waals surface area contributed by atoms with Crippen LogP contribution < -0.4 is 11.3 Å². The number of hydrogen-bond donors (Lipinski definition) is 2. The van der Waals surface area contributed by atoms with Crippen LogP contribution in [0.25, 0.3) is 10.6 Å². The van der Waals surface area contributed by atoms with Crippen LogP contribution in [0.3, 0.4) is 0 Å². The van der Waals surface area contributed by atoms with Gasteiger partial charge in [0.15, 0.2) is 5.13 Å². The van der Waals surface area contributed by atoms with E-state index in [1.165, 1.54) is 21.8 Å². The number of nitrogens with zero attached hydrogens (tertiary/aromatic N) is 1. The summed E-state index contributed by atoms with van der Waals surface area (Å²) in [6, 6.07) is 2.09. The largest absolute Gasteiger partial charge is 0.300 e. The van der Waals surface area contributed by atoms with E-state index in [1.54, 1.807) is 11.3 Å². The summed E-state index contributed by atoms with van der Waals surface area (Å²) in [7, 11) is 0. The molecule has 0 aromatic carbocycles. The number of aromatic nitrogens is 1. The van der Waals surface area contributed by atoms with Crippen molar-refractivity contribution in [1.82, 2.24) is 4.98 Å². The van der Waals surface area contributed by atoms with Crippen LogP contribution in [0.15, 0.2) is 16.8 Å². The van der Waals surface area contributed by atoms with Gasteiger partial charge in [-0.1, -0.05) is 0 Å². The lowest BCUT2D eigenvalue weighted by molar-refractivity contribution is 1.29. The topological polar surface area (TPSA) is 50.9 Å². The van der Waals surface area contributed by atoms with Gasteiger partial charge in [-0.3, -0.25) is 5.43 Å². The van der Waals surface area contributed by atoms with E-state index in [0.29, 0.717) is 0 Å². The molecule has 0 spiro atoms. The third-order valence-electron chi connectivity index (χ3n) is 1.72. The average molecular weight is 211 g/mol. The van der Waals surface area contributed by atoms with Gasteiger partial charge < -0.3 is 0 Å². The van der Waals surface area contributed by atoms with Crippen molar-refractivity contribution in [3.05, 3.63) is 22.4 Å². The fraction of sp³-hybridized carbons (Fsp3) is 0.125. The van der Waals surface area contributed by atoms with Gasteiger partial charge >= 0.3 is 0 Å². The molecule has 0 atom stereocenters. The molecular formula is C8H9N3S2. The van der Waals surface area contributed by atoms with Crippen molar-refractivity contribution in [3.8, 4) is 10.6 Å². The normalized spacial score (nSPS) is 10.3. The molecule has 0 saturated carbocycles. The lowest BCUT2D eigenvalue weighted by Gasteiger charge is -1.92. The second-order valence-corrected chi connectivity index (χ2v) is 4.39. The number of nitrogens with two attached hydrogens (primary N) is 1. The van der Waals surface area contributed by atoms with E-state index in [9.17, 15) is 0 Å². The van der Waals surface area contributed by atoms with Gasteiger partial charge in [0, 0.05) is 5.38 Å². The molecule has 0 amide bonds. The van der Waals surface area contributed by atoms with Gasteiger partial charge in [0.2, 0.25) is 0 Å². The van der Waals surface area contributed by atoms with Crippen LogP contribution >= 0.6 is 22.7 Å². The van der Waals surface area contributed by atoms with Crippen molar-refractivity contribution in [2.24, 2.45) is 5.84 Å². The van der Waals surface area contributed by atoms with Gasteiger partial charge in [0.1, 0.15) is 0 Å². The van der Waals surface area contributed by atoms with Gasteiger partial charge in [-0.2, -0.15) is 0 Å². The molecule has 3 nitrogen and oxygen atoms in total. The maximum absolute atomic E-state index is 5.26. The van der Waals surface area contributed by atoms with E-state index >= 15 is 0 Å². The third kappa shape index (κ3) is 1.58. The van der Waals surface area contributed by atoms with Gasteiger partial charge in [-0.25, -0.2) is 10.8 Å². The highest BCUT2D eigenvalue weighted by atomic mass is 32.1. The highest BCUT2D eigenvalue weighted by Crippen LogP contribution is 2.30. The van der Waals surface area contributed by atoms with Gasteiger partial charge in [-0.15, -0.1) is 22.7 Å². The zero-order valence-corrected chi connectivity index (χ0v) is 8.71. The fourth-order valence-electron chi connectivity index (χ4n) is 1.08. The summed E-state index contributed by atoms with van der Waals surface area (Å²) in [5, 5.41) is 4.83. The predicted octanol–water partition coefficient (Wildman–Crippen LogP) is 2.47. The highest BCUT2D eigenvalue weighted by molar-refractivity contribution is 7.16. The van der Waals surface area contributed by atoms with Crippen molar-refractivity contribution >= 4 is 27.8 Å². The molecule has 2 rings (SSSR count). The molecule has 0 radical (unpaired) electrons. The second kappa shape index (κ2) is 3.45. The molecular weight excluding hydrogens is 202 g/mol. The molecule has 0 fully saturated rings. The van der Waals surface area contributed by atoms with Crippen molar-refractivity contribution in [2.45, 2.75) is 6.92 Å². The fourth-order valence-corrected chi connectivity index (χ4v) is 2.65. The summed E-state index contributed by atoms with van der Waals surface area (Å²) in [6.07, 6.45) is 0. The standard InChI is InChI=1S/C8H9N3S2/c1-5-2-3-12-7(5)6-4-13-8(10-6)11-9/h2-4H,9H2,1H3,(H,10,11). The number of nitrogen functional groups attached to an aromatic ring is 1. The Morgan fingerprint density at radius 2 is 2.31 bits per heavy atom. The zero-order valence-electron chi connectivity index (χ0n) is 7.07. The minimum absolute atomic E-state index is 0.753. The first kappa shape index (κ1) is 8.68. The summed E-state index contributed by atoms with van der Waals surface area (Å²) in [5.74, 6) is 5.26. The smallest absolute Gasteiger partial charge is 0.197 e. The number of thiophene rings is 1. The molecule has 2 heterocycles. The van der Waals surface area contributed by atoms with Gasteiger partial charge in [-0.05, 0) is 23.9 Å². The predicted molar refractivity (Wildman–Crippen MR) is 58.0 cm³/mol. The van der Waals surface area contributed by atoms with E-state index in [-0.39, 0.29) is 0 Å². The lowest BCUT2D eigenvalue weighted by Crippen LogP contribution is -2.05. The summed E-state index contributed by atoms with van der Waals surface area (Å²) < 4.78 is 0. The third-order valence-corrected chi connectivity index (χ3v) is 3.53. The number of hydrogen-bond acceptors (Lipinski definition) is 5. The molecule has 68 valence electrons. The molecule has 3 N–H and O–H groups in total. The van der Waals surface area contributed by atoms with Crippen LogP contribution in [-0.2, 0) is 0 Å². The monoisotopic (exact) mass is 211 g/mol. The van der Waals surface area contributed by atoms with Crippen molar-refractivity contribution in [2.75, 3.05) is 5.43 Å². The molecule has 0 unspecified atom stereocenters. The van der Waals surface area contributed by atoms with Crippen LogP contribution in [0, 0.1) is 6.92 Å². The maximum Gasteiger partial charge on any atom is 0.197 e. The van der Waals surface area contributed by atoms with Crippen molar-refractivity contribution in [1.29, 1.82) is 0 Å². The Bertz CT molecular complexity index is 405. The number of thiazole rings is 1. The van der Waals surface area contributed by atoms with Crippen LogP contribution in [0.4, 0.5) is 5.13 Å². The molecule has 13 heavy (non-hydrogen) atoms.